The highest BCUT2D eigenvalue weighted by Gasteiger charge is 2.21. The van der Waals surface area contributed by atoms with Crippen molar-refractivity contribution in [2.24, 2.45) is 0 Å². The number of nitrogens with one attached hydrogen (secondary N) is 1. The van der Waals surface area contributed by atoms with Gasteiger partial charge in [-0.25, -0.2) is 14.6 Å². The molecular weight excluding hydrogens is 479 g/mol. The average molecular weight is 499 g/mol. The van der Waals surface area contributed by atoms with E-state index in [0.29, 0.717) is 38.9 Å². The van der Waals surface area contributed by atoms with Crippen LogP contribution in [0.1, 0.15) is 28.2 Å². The molecule has 0 saturated carbocycles. The number of benzene rings is 2. The Labute approximate surface area is 205 Å². The first-order chi connectivity index (χ1) is 16.1. The van der Waals surface area contributed by atoms with E-state index in [1.807, 2.05) is 18.2 Å². The number of halogens is 2. The summed E-state index contributed by atoms with van der Waals surface area (Å²) in [5, 5.41) is 12.8. The van der Waals surface area contributed by atoms with Crippen molar-refractivity contribution >= 4 is 40.9 Å². The molecule has 168 valence electrons. The summed E-state index contributed by atoms with van der Waals surface area (Å²) < 4.78 is 1.58. The van der Waals surface area contributed by atoms with Crippen molar-refractivity contribution in [3.05, 3.63) is 94.0 Å². The highest BCUT2D eigenvalue weighted by molar-refractivity contribution is 7.98. The monoisotopic (exact) mass is 498 g/mol. The van der Waals surface area contributed by atoms with Crippen LogP contribution < -0.4 is 5.32 Å². The van der Waals surface area contributed by atoms with Crippen molar-refractivity contribution in [3.8, 4) is 5.69 Å². The third-order valence-corrected chi connectivity index (χ3v) is 6.04. The summed E-state index contributed by atoms with van der Waals surface area (Å²) in [6.45, 7) is 0.526. The minimum absolute atomic E-state index is 0.245. The minimum Gasteiger partial charge on any atom is -0.351 e. The summed E-state index contributed by atoms with van der Waals surface area (Å²) in [6, 6.07) is 17.0. The summed E-state index contributed by atoms with van der Waals surface area (Å²) in [4.78, 5) is 21.4. The molecule has 0 unspecified atom stereocenters. The summed E-state index contributed by atoms with van der Waals surface area (Å²) in [7, 11) is 0. The van der Waals surface area contributed by atoms with Gasteiger partial charge in [-0.1, -0.05) is 70.5 Å². The van der Waals surface area contributed by atoms with E-state index in [4.69, 9.17) is 23.2 Å². The van der Waals surface area contributed by atoms with Gasteiger partial charge in [-0.3, -0.25) is 4.79 Å². The predicted octanol–water partition coefficient (Wildman–Crippen LogP) is 5.02. The maximum atomic E-state index is 12.9. The summed E-state index contributed by atoms with van der Waals surface area (Å²) >= 11 is 13.7. The first-order valence-electron chi connectivity index (χ1n) is 10.2. The zero-order valence-corrected chi connectivity index (χ0v) is 19.8. The lowest BCUT2D eigenvalue weighted by atomic mass is 10.1. The van der Waals surface area contributed by atoms with Gasteiger partial charge in [-0.05, 0) is 42.7 Å². The lowest BCUT2D eigenvalue weighted by Crippen LogP contribution is -2.26. The molecular formula is C23H20Cl2N6OS. The Morgan fingerprint density at radius 2 is 1.73 bits per heavy atom. The number of nitrogens with zero attached hydrogens (tertiary/aromatic N) is 5. The van der Waals surface area contributed by atoms with Crippen molar-refractivity contribution in [3.63, 3.8) is 0 Å². The minimum atomic E-state index is -0.285. The molecule has 4 aromatic rings. The highest BCUT2D eigenvalue weighted by Crippen LogP contribution is 2.26. The van der Waals surface area contributed by atoms with Gasteiger partial charge < -0.3 is 5.32 Å². The van der Waals surface area contributed by atoms with Gasteiger partial charge in [0.1, 0.15) is 0 Å². The van der Waals surface area contributed by atoms with E-state index in [1.54, 1.807) is 41.3 Å². The van der Waals surface area contributed by atoms with Gasteiger partial charge in [0.05, 0.1) is 11.4 Å². The van der Waals surface area contributed by atoms with Gasteiger partial charge in [-0.15, -0.1) is 5.10 Å². The fourth-order valence-electron chi connectivity index (χ4n) is 3.19. The lowest BCUT2D eigenvalue weighted by molar-refractivity contribution is 0.0947. The van der Waals surface area contributed by atoms with E-state index in [0.717, 1.165) is 12.8 Å². The van der Waals surface area contributed by atoms with Gasteiger partial charge >= 0.3 is 0 Å². The smallest absolute Gasteiger partial charge is 0.273 e. The van der Waals surface area contributed by atoms with E-state index in [1.165, 1.54) is 17.3 Å². The Hall–Kier alpha value is -2.94. The number of thioether (sulfide) groups is 1. The number of amides is 1. The Kier molecular flexibility index (Phi) is 7.93. The van der Waals surface area contributed by atoms with Gasteiger partial charge in [0, 0.05) is 34.7 Å². The van der Waals surface area contributed by atoms with Crippen LogP contribution in [-0.2, 0) is 12.2 Å². The predicted molar refractivity (Wildman–Crippen MR) is 130 cm³/mol. The number of aromatic nitrogens is 5. The van der Waals surface area contributed by atoms with Crippen LogP contribution >= 0.6 is 35.0 Å². The Morgan fingerprint density at radius 1 is 1.00 bits per heavy atom. The van der Waals surface area contributed by atoms with Crippen LogP contribution in [0.15, 0.2) is 72.1 Å². The standard InChI is InChI=1S/C23H20Cl2N6OS/c24-17-12-18(25)14-19(13-17)31-20(15-33-23-27-10-5-11-28-23)21(29-30-31)22(32)26-9-4-8-16-6-2-1-3-7-16/h1-3,5-7,10-14H,4,8-9,15H2,(H,26,32). The summed E-state index contributed by atoms with van der Waals surface area (Å²) in [6.07, 6.45) is 5.03. The molecule has 2 heterocycles. The van der Waals surface area contributed by atoms with Crippen molar-refractivity contribution in [2.45, 2.75) is 23.8 Å². The molecule has 0 radical (unpaired) electrons. The molecule has 4 rings (SSSR count). The maximum absolute atomic E-state index is 12.9. The van der Waals surface area contributed by atoms with Crippen LogP contribution in [0.5, 0.6) is 0 Å². The molecule has 10 heteroatoms. The Morgan fingerprint density at radius 3 is 2.45 bits per heavy atom. The molecule has 2 aromatic carbocycles. The van der Waals surface area contributed by atoms with Crippen LogP contribution in [0.3, 0.4) is 0 Å². The third kappa shape index (κ3) is 6.31. The topological polar surface area (TPSA) is 85.6 Å². The van der Waals surface area contributed by atoms with E-state index in [9.17, 15) is 4.79 Å². The first kappa shape index (κ1) is 23.2. The highest BCUT2D eigenvalue weighted by atomic mass is 35.5. The normalized spacial score (nSPS) is 10.8. The van der Waals surface area contributed by atoms with E-state index >= 15 is 0 Å². The van der Waals surface area contributed by atoms with Gasteiger partial charge in [0.2, 0.25) is 0 Å². The van der Waals surface area contributed by atoms with Crippen molar-refractivity contribution in [2.75, 3.05) is 6.54 Å². The van der Waals surface area contributed by atoms with Crippen LogP contribution in [-0.4, -0.2) is 37.4 Å². The van der Waals surface area contributed by atoms with Crippen LogP contribution in [0, 0.1) is 0 Å². The molecule has 2 aromatic heterocycles. The summed E-state index contributed by atoms with van der Waals surface area (Å²) in [5.41, 5.74) is 2.70. The molecule has 1 N–H and O–H groups in total. The zero-order valence-electron chi connectivity index (χ0n) is 17.5. The van der Waals surface area contributed by atoms with Gasteiger partial charge in [0.25, 0.3) is 5.91 Å². The van der Waals surface area contributed by atoms with Gasteiger partial charge in [-0.2, -0.15) is 0 Å². The SMILES string of the molecule is O=C(NCCCc1ccccc1)c1nnn(-c2cc(Cl)cc(Cl)c2)c1CSc1ncccn1. The molecule has 0 spiro atoms. The fourth-order valence-corrected chi connectivity index (χ4v) is 4.50. The fraction of sp³-hybridized carbons (Fsp3) is 0.174. The summed E-state index contributed by atoms with van der Waals surface area (Å²) in [5.74, 6) is 0.0977. The van der Waals surface area contributed by atoms with Crippen molar-refractivity contribution in [1.29, 1.82) is 0 Å². The molecule has 0 saturated heterocycles. The quantitative estimate of drug-likeness (QED) is 0.198. The molecule has 0 fully saturated rings. The number of hydrogen-bond donors (Lipinski definition) is 1. The Bertz CT molecular complexity index is 1200. The van der Waals surface area contributed by atoms with Crippen LogP contribution in [0.4, 0.5) is 0 Å². The molecule has 0 aliphatic heterocycles. The third-order valence-electron chi connectivity index (χ3n) is 4.72. The van der Waals surface area contributed by atoms with Gasteiger partial charge in [0.15, 0.2) is 10.9 Å². The Balaban J connectivity index is 1.51. The molecule has 1 amide bonds. The number of hydrogen-bond acceptors (Lipinski definition) is 6. The molecule has 0 atom stereocenters. The molecule has 0 bridgehead atoms. The number of carbonyl (C=O) groups is 1. The zero-order chi connectivity index (χ0) is 23.0. The molecule has 0 aliphatic rings. The second kappa shape index (κ2) is 11.3. The second-order valence-corrected chi connectivity index (χ2v) is 8.90. The number of carbonyl (C=O) groups excluding carboxylic acids is 1. The van der Waals surface area contributed by atoms with Crippen LogP contribution in [0.2, 0.25) is 10.0 Å². The first-order valence-corrected chi connectivity index (χ1v) is 12.0. The molecule has 7 nitrogen and oxygen atoms in total. The molecule has 33 heavy (non-hydrogen) atoms. The van der Waals surface area contributed by atoms with E-state index in [-0.39, 0.29) is 11.6 Å². The largest absolute Gasteiger partial charge is 0.351 e. The van der Waals surface area contributed by atoms with E-state index < -0.39 is 0 Å². The molecule has 0 aliphatic carbocycles. The number of aryl methyl sites for hydroxylation is 1. The van der Waals surface area contributed by atoms with E-state index in [2.05, 4.69) is 37.7 Å². The number of rotatable bonds is 9. The lowest BCUT2D eigenvalue weighted by Gasteiger charge is -2.09. The average Bonchev–Trinajstić information content (AvgIpc) is 3.25. The van der Waals surface area contributed by atoms with Crippen LogP contribution in [0.25, 0.3) is 5.69 Å². The van der Waals surface area contributed by atoms with Crippen molar-refractivity contribution in [1.82, 2.24) is 30.3 Å². The van der Waals surface area contributed by atoms with Crippen molar-refractivity contribution < 1.29 is 4.79 Å². The maximum Gasteiger partial charge on any atom is 0.273 e. The second-order valence-electron chi connectivity index (χ2n) is 7.09.